The van der Waals surface area contributed by atoms with Crippen LogP contribution in [-0.4, -0.2) is 24.5 Å². The molecule has 19 heavy (non-hydrogen) atoms. The summed E-state index contributed by atoms with van der Waals surface area (Å²) in [4.78, 5) is 22.4. The third kappa shape index (κ3) is 6.42. The van der Waals surface area contributed by atoms with Gasteiger partial charge in [0, 0.05) is 30.4 Å². The number of urea groups is 1. The van der Waals surface area contributed by atoms with Crippen LogP contribution in [0.1, 0.15) is 20.3 Å². The highest BCUT2D eigenvalue weighted by Crippen LogP contribution is 2.14. The monoisotopic (exact) mass is 264 g/mol. The summed E-state index contributed by atoms with van der Waals surface area (Å²) in [6.45, 7) is 4.68. The lowest BCUT2D eigenvalue weighted by molar-refractivity contribution is -0.116. The minimum absolute atomic E-state index is 0.0793. The summed E-state index contributed by atoms with van der Waals surface area (Å²) in [5, 5.41) is 8.38. The second-order valence-electron chi connectivity index (χ2n) is 4.48. The first kappa shape index (κ1) is 15.0. The van der Waals surface area contributed by atoms with E-state index < -0.39 is 6.03 Å². The Labute approximate surface area is 112 Å². The van der Waals surface area contributed by atoms with Crippen molar-refractivity contribution < 1.29 is 9.59 Å². The number of carbonyl (C=O) groups excluding carboxylic acids is 2. The van der Waals surface area contributed by atoms with Gasteiger partial charge in [-0.1, -0.05) is 19.9 Å². The van der Waals surface area contributed by atoms with Gasteiger partial charge >= 0.3 is 6.03 Å². The summed E-state index contributed by atoms with van der Waals surface area (Å²) in [6, 6.07) is 6.55. The Kier molecular flexibility index (Phi) is 5.81. The molecule has 0 saturated carbocycles. The quantitative estimate of drug-likeness (QED) is 0.627. The van der Waals surface area contributed by atoms with Crippen molar-refractivity contribution >= 4 is 23.3 Å². The number of anilines is 2. The maximum Gasteiger partial charge on any atom is 0.316 e. The molecule has 0 aliphatic heterocycles. The molecular weight excluding hydrogens is 244 g/mol. The highest BCUT2D eigenvalue weighted by Gasteiger charge is 2.04. The van der Waals surface area contributed by atoms with Crippen molar-refractivity contribution in [3.63, 3.8) is 0 Å². The van der Waals surface area contributed by atoms with Gasteiger partial charge in [-0.3, -0.25) is 4.79 Å². The van der Waals surface area contributed by atoms with Crippen molar-refractivity contribution in [2.45, 2.75) is 26.3 Å². The Morgan fingerprint density at radius 1 is 1.21 bits per heavy atom. The number of nitrogens with two attached hydrogens (primary N) is 1. The Balaban J connectivity index is 2.47. The minimum atomic E-state index is -0.635. The van der Waals surface area contributed by atoms with E-state index >= 15 is 0 Å². The number of rotatable bonds is 6. The molecule has 0 bridgehead atoms. The van der Waals surface area contributed by atoms with Crippen LogP contribution >= 0.6 is 0 Å². The molecular formula is C13H20N4O2. The maximum absolute atomic E-state index is 11.7. The average Bonchev–Trinajstić information content (AvgIpc) is 2.27. The van der Waals surface area contributed by atoms with Gasteiger partial charge < -0.3 is 21.7 Å². The number of hydrogen-bond acceptors (Lipinski definition) is 3. The van der Waals surface area contributed by atoms with E-state index in [4.69, 9.17) is 5.73 Å². The van der Waals surface area contributed by atoms with Crippen molar-refractivity contribution in [1.29, 1.82) is 0 Å². The highest BCUT2D eigenvalue weighted by molar-refractivity contribution is 5.93. The van der Waals surface area contributed by atoms with E-state index in [-0.39, 0.29) is 5.91 Å². The van der Waals surface area contributed by atoms with Crippen LogP contribution in [0.4, 0.5) is 16.2 Å². The number of nitrogens with one attached hydrogen (secondary N) is 3. The lowest BCUT2D eigenvalue weighted by Crippen LogP contribution is -2.27. The van der Waals surface area contributed by atoms with Crippen LogP contribution in [0.2, 0.25) is 0 Å². The molecule has 0 fully saturated rings. The highest BCUT2D eigenvalue weighted by atomic mass is 16.2. The van der Waals surface area contributed by atoms with E-state index in [2.05, 4.69) is 16.0 Å². The molecule has 0 aliphatic rings. The van der Waals surface area contributed by atoms with E-state index in [1.165, 1.54) is 0 Å². The van der Waals surface area contributed by atoms with Crippen molar-refractivity contribution in [2.24, 2.45) is 5.73 Å². The first-order valence-electron chi connectivity index (χ1n) is 6.17. The molecule has 3 amide bonds. The fourth-order valence-corrected chi connectivity index (χ4v) is 1.51. The normalized spacial score (nSPS) is 10.3. The number of hydrogen-bond donors (Lipinski definition) is 4. The third-order valence-corrected chi connectivity index (χ3v) is 2.32. The fourth-order valence-electron chi connectivity index (χ4n) is 1.51. The lowest BCUT2D eigenvalue weighted by Gasteiger charge is -2.09. The Bertz CT molecular complexity index is 446. The van der Waals surface area contributed by atoms with Gasteiger partial charge in [-0.15, -0.1) is 0 Å². The Hall–Kier alpha value is -2.08. The topological polar surface area (TPSA) is 96.2 Å². The molecule has 0 radical (unpaired) electrons. The zero-order valence-corrected chi connectivity index (χ0v) is 11.2. The molecule has 6 heteroatoms. The van der Waals surface area contributed by atoms with Crippen molar-refractivity contribution in [1.82, 2.24) is 5.32 Å². The first-order valence-corrected chi connectivity index (χ1v) is 6.17. The summed E-state index contributed by atoms with van der Waals surface area (Å²) < 4.78 is 0. The van der Waals surface area contributed by atoms with E-state index in [1.807, 2.05) is 13.8 Å². The van der Waals surface area contributed by atoms with Crippen LogP contribution in [0, 0.1) is 0 Å². The second-order valence-corrected chi connectivity index (χ2v) is 4.48. The minimum Gasteiger partial charge on any atom is -0.351 e. The van der Waals surface area contributed by atoms with Gasteiger partial charge in [0.1, 0.15) is 0 Å². The molecule has 0 heterocycles. The van der Waals surface area contributed by atoms with E-state index in [1.54, 1.807) is 24.3 Å². The maximum atomic E-state index is 11.7. The van der Waals surface area contributed by atoms with Gasteiger partial charge in [-0.25, -0.2) is 4.79 Å². The molecule has 6 nitrogen and oxygen atoms in total. The lowest BCUT2D eigenvalue weighted by atomic mass is 10.2. The number of primary amides is 1. The summed E-state index contributed by atoms with van der Waals surface area (Å²) in [5.41, 5.74) is 6.20. The molecule has 1 aromatic carbocycles. The van der Waals surface area contributed by atoms with Crippen LogP contribution < -0.4 is 21.7 Å². The molecule has 5 N–H and O–H groups in total. The van der Waals surface area contributed by atoms with Crippen molar-refractivity contribution in [3.05, 3.63) is 24.3 Å². The molecule has 0 saturated heterocycles. The largest absolute Gasteiger partial charge is 0.351 e. The third-order valence-electron chi connectivity index (χ3n) is 2.32. The fraction of sp³-hybridized carbons (Fsp3) is 0.385. The Morgan fingerprint density at radius 3 is 2.42 bits per heavy atom. The molecule has 1 rings (SSSR count). The van der Waals surface area contributed by atoms with Gasteiger partial charge in [0.05, 0.1) is 0 Å². The van der Waals surface area contributed by atoms with Gasteiger partial charge in [-0.05, 0) is 18.2 Å². The van der Waals surface area contributed by atoms with Gasteiger partial charge in [0.25, 0.3) is 0 Å². The summed E-state index contributed by atoms with van der Waals surface area (Å²) in [7, 11) is 0. The van der Waals surface area contributed by atoms with Crippen LogP contribution in [0.25, 0.3) is 0 Å². The first-order chi connectivity index (χ1) is 8.97. The van der Waals surface area contributed by atoms with Gasteiger partial charge in [-0.2, -0.15) is 0 Å². The molecule has 0 unspecified atom stereocenters. The zero-order chi connectivity index (χ0) is 14.3. The summed E-state index contributed by atoms with van der Waals surface area (Å²) in [6.07, 6.45) is 0.394. The van der Waals surface area contributed by atoms with Gasteiger partial charge in [0.15, 0.2) is 0 Å². The standard InChI is InChI=1S/C13H20N4O2/c1-9(2)15-7-6-12(18)16-10-4-3-5-11(8-10)17-13(14)19/h3-5,8-9,15H,6-7H2,1-2H3,(H,16,18)(H3,14,17,19). The van der Waals surface area contributed by atoms with Crippen LogP contribution in [0.3, 0.4) is 0 Å². The molecule has 0 aliphatic carbocycles. The van der Waals surface area contributed by atoms with E-state index in [0.29, 0.717) is 30.4 Å². The molecule has 0 atom stereocenters. The summed E-state index contributed by atoms with van der Waals surface area (Å²) in [5.74, 6) is -0.0793. The second kappa shape index (κ2) is 7.38. The number of benzene rings is 1. The summed E-state index contributed by atoms with van der Waals surface area (Å²) >= 11 is 0. The molecule has 0 aromatic heterocycles. The number of carbonyl (C=O) groups is 2. The average molecular weight is 264 g/mol. The predicted octanol–water partition coefficient (Wildman–Crippen LogP) is 1.50. The van der Waals surface area contributed by atoms with Crippen molar-refractivity contribution in [3.8, 4) is 0 Å². The molecule has 0 spiro atoms. The van der Waals surface area contributed by atoms with E-state index in [0.717, 1.165) is 0 Å². The zero-order valence-electron chi connectivity index (χ0n) is 11.2. The van der Waals surface area contributed by atoms with Crippen LogP contribution in [0.5, 0.6) is 0 Å². The Morgan fingerprint density at radius 2 is 1.84 bits per heavy atom. The SMILES string of the molecule is CC(C)NCCC(=O)Nc1cccc(NC(N)=O)c1. The predicted molar refractivity (Wildman–Crippen MR) is 76.0 cm³/mol. The van der Waals surface area contributed by atoms with Gasteiger partial charge in [0.2, 0.25) is 5.91 Å². The smallest absolute Gasteiger partial charge is 0.316 e. The van der Waals surface area contributed by atoms with Crippen molar-refractivity contribution in [2.75, 3.05) is 17.2 Å². The number of amides is 3. The molecule has 104 valence electrons. The van der Waals surface area contributed by atoms with Crippen LogP contribution in [-0.2, 0) is 4.79 Å². The van der Waals surface area contributed by atoms with Crippen LogP contribution in [0.15, 0.2) is 24.3 Å². The molecule has 1 aromatic rings. The van der Waals surface area contributed by atoms with E-state index in [9.17, 15) is 9.59 Å².